The van der Waals surface area contributed by atoms with E-state index in [1.165, 1.54) is 19.1 Å². The molecule has 3 fully saturated rings. The number of carbonyl (C=O) groups is 1. The lowest BCUT2D eigenvalue weighted by molar-refractivity contribution is -0.147. The summed E-state index contributed by atoms with van der Waals surface area (Å²) in [5.41, 5.74) is 0.241. The minimum atomic E-state index is -3.61. The smallest absolute Gasteiger partial charge is 0.252 e. The Labute approximate surface area is 208 Å². The number of rotatable bonds is 8. The van der Waals surface area contributed by atoms with Crippen molar-refractivity contribution in [3.63, 3.8) is 0 Å². The van der Waals surface area contributed by atoms with Crippen LogP contribution in [0.4, 0.5) is 13.2 Å². The second kappa shape index (κ2) is 9.46. The largest absolute Gasteiger partial charge is 0.383 e. The van der Waals surface area contributed by atoms with E-state index in [-0.39, 0.29) is 46.7 Å². The quantitative estimate of drug-likeness (QED) is 0.557. The molecule has 5 atom stereocenters. The number of benzene rings is 2. The fourth-order valence-corrected chi connectivity index (χ4v) is 6.54. The fraction of sp³-hybridized carbons (Fsp3) is 0.500. The summed E-state index contributed by atoms with van der Waals surface area (Å²) in [5.74, 6) is -3.17. The molecule has 2 aromatic rings. The van der Waals surface area contributed by atoms with Crippen LogP contribution in [0.3, 0.4) is 0 Å². The van der Waals surface area contributed by atoms with Crippen molar-refractivity contribution in [2.45, 2.75) is 63.3 Å². The number of nitrogens with one attached hydrogen (secondary N) is 1. The SMILES string of the molecule is CCS(=O)(=O)NC1C2CC2N(C(=O)[C@H](O)C2CCC2)C1Cc1cccc(-c2cc(F)cc(F)c2)c1F. The second-order valence-corrected chi connectivity index (χ2v) is 12.1. The summed E-state index contributed by atoms with van der Waals surface area (Å²) in [4.78, 5) is 14.9. The molecule has 1 heterocycles. The first-order valence-corrected chi connectivity index (χ1v) is 14.0. The van der Waals surface area contributed by atoms with Crippen molar-refractivity contribution in [1.82, 2.24) is 9.62 Å². The van der Waals surface area contributed by atoms with Gasteiger partial charge in [0.25, 0.3) is 5.91 Å². The monoisotopic (exact) mass is 522 g/mol. The molecular formula is C26H29F3N2O4S. The number of sulfonamides is 1. The molecule has 2 N–H and O–H groups in total. The second-order valence-electron chi connectivity index (χ2n) is 10.1. The van der Waals surface area contributed by atoms with Gasteiger partial charge in [0.05, 0.1) is 11.8 Å². The van der Waals surface area contributed by atoms with Crippen LogP contribution in [-0.4, -0.2) is 54.3 Å². The van der Waals surface area contributed by atoms with E-state index in [1.807, 2.05) is 0 Å². The summed E-state index contributed by atoms with van der Waals surface area (Å²) in [6.45, 7) is 1.52. The third-order valence-electron chi connectivity index (χ3n) is 7.88. The average Bonchev–Trinajstić information content (AvgIpc) is 3.51. The first-order chi connectivity index (χ1) is 17.1. The van der Waals surface area contributed by atoms with Crippen molar-refractivity contribution in [2.24, 2.45) is 11.8 Å². The minimum absolute atomic E-state index is 0.00660. The number of halogens is 3. The number of aliphatic hydroxyl groups excluding tert-OH is 1. The van der Waals surface area contributed by atoms with Crippen molar-refractivity contribution >= 4 is 15.9 Å². The predicted molar refractivity (Wildman–Crippen MR) is 128 cm³/mol. The highest BCUT2D eigenvalue weighted by atomic mass is 32.2. The molecule has 1 saturated heterocycles. The van der Waals surface area contributed by atoms with Crippen LogP contribution in [0, 0.1) is 29.3 Å². The molecule has 36 heavy (non-hydrogen) atoms. The first kappa shape index (κ1) is 25.2. The summed E-state index contributed by atoms with van der Waals surface area (Å²) in [5, 5.41) is 10.7. The molecule has 0 radical (unpaired) electrons. The van der Waals surface area contributed by atoms with E-state index < -0.39 is 51.6 Å². The Morgan fingerprint density at radius 3 is 2.47 bits per heavy atom. The number of carbonyl (C=O) groups excluding carboxylic acids is 1. The van der Waals surface area contributed by atoms with Crippen LogP contribution in [0.2, 0.25) is 0 Å². The summed E-state index contributed by atoms with van der Waals surface area (Å²) in [7, 11) is -3.61. The van der Waals surface area contributed by atoms with Gasteiger partial charge in [-0.2, -0.15) is 0 Å². The summed E-state index contributed by atoms with van der Waals surface area (Å²) < 4.78 is 70.8. The van der Waals surface area contributed by atoms with Crippen molar-refractivity contribution < 1.29 is 31.5 Å². The molecule has 0 bridgehead atoms. The van der Waals surface area contributed by atoms with Gasteiger partial charge in [-0.15, -0.1) is 0 Å². The van der Waals surface area contributed by atoms with E-state index in [9.17, 15) is 27.1 Å². The molecule has 194 valence electrons. The van der Waals surface area contributed by atoms with Gasteiger partial charge < -0.3 is 10.0 Å². The van der Waals surface area contributed by atoms with Crippen LogP contribution >= 0.6 is 0 Å². The molecule has 3 aliphatic rings. The number of hydrogen-bond acceptors (Lipinski definition) is 4. The molecule has 4 unspecified atom stereocenters. The number of nitrogens with zero attached hydrogens (tertiary/aromatic N) is 1. The lowest BCUT2D eigenvalue weighted by Gasteiger charge is -2.37. The van der Waals surface area contributed by atoms with Gasteiger partial charge in [0.2, 0.25) is 10.0 Å². The maximum absolute atomic E-state index is 15.7. The average molecular weight is 523 g/mol. The lowest BCUT2D eigenvalue weighted by atomic mass is 9.80. The Morgan fingerprint density at radius 2 is 1.86 bits per heavy atom. The molecule has 0 spiro atoms. The van der Waals surface area contributed by atoms with Crippen molar-refractivity contribution in [3.8, 4) is 11.1 Å². The van der Waals surface area contributed by atoms with Gasteiger partial charge in [0.15, 0.2) is 0 Å². The molecule has 5 rings (SSSR count). The van der Waals surface area contributed by atoms with Gasteiger partial charge in [-0.1, -0.05) is 24.6 Å². The van der Waals surface area contributed by atoms with Crippen LogP contribution in [-0.2, 0) is 21.2 Å². The van der Waals surface area contributed by atoms with E-state index in [4.69, 9.17) is 0 Å². The Bertz CT molecular complexity index is 1260. The van der Waals surface area contributed by atoms with Crippen LogP contribution in [0.25, 0.3) is 11.1 Å². The van der Waals surface area contributed by atoms with Crippen LogP contribution in [0.1, 0.15) is 38.2 Å². The molecule has 2 saturated carbocycles. The molecule has 1 amide bonds. The molecule has 1 aliphatic heterocycles. The van der Waals surface area contributed by atoms with Gasteiger partial charge >= 0.3 is 0 Å². The highest BCUT2D eigenvalue weighted by molar-refractivity contribution is 7.89. The fourth-order valence-electron chi connectivity index (χ4n) is 5.62. The standard InChI is InChI=1S/C26H29F3N2O4S/c1-2-36(34,35)30-24-20-13-21(20)31(26(33)25(32)14-5-3-6-14)22(24)11-15-7-4-8-19(23(15)29)16-9-17(27)12-18(28)10-16/h4,7-10,12,14,20-22,24-25,30,32H,2-3,5-6,11,13H2,1H3/t20?,21?,22?,24?,25-/m1/s1. The van der Waals surface area contributed by atoms with Gasteiger partial charge in [0.1, 0.15) is 23.6 Å². The number of piperidine rings is 1. The Kier molecular flexibility index (Phi) is 6.63. The molecule has 2 aromatic carbocycles. The number of amides is 1. The van der Waals surface area contributed by atoms with Gasteiger partial charge in [0, 0.05) is 23.7 Å². The summed E-state index contributed by atoms with van der Waals surface area (Å²) in [6, 6.07) is 5.75. The van der Waals surface area contributed by atoms with Gasteiger partial charge in [-0.25, -0.2) is 26.3 Å². The van der Waals surface area contributed by atoms with E-state index in [2.05, 4.69) is 4.72 Å². The summed E-state index contributed by atoms with van der Waals surface area (Å²) >= 11 is 0. The topological polar surface area (TPSA) is 86.7 Å². The zero-order valence-corrected chi connectivity index (χ0v) is 20.6. The van der Waals surface area contributed by atoms with Gasteiger partial charge in [-0.3, -0.25) is 4.79 Å². The maximum Gasteiger partial charge on any atom is 0.252 e. The normalized spacial score (nSPS) is 26.4. The minimum Gasteiger partial charge on any atom is -0.383 e. The van der Waals surface area contributed by atoms with E-state index >= 15 is 4.39 Å². The molecule has 0 aromatic heterocycles. The van der Waals surface area contributed by atoms with Crippen molar-refractivity contribution in [2.75, 3.05) is 5.75 Å². The number of aliphatic hydroxyl groups is 1. The highest BCUT2D eigenvalue weighted by Gasteiger charge is 2.61. The maximum atomic E-state index is 15.7. The zero-order chi connectivity index (χ0) is 25.8. The zero-order valence-electron chi connectivity index (χ0n) is 19.8. The Morgan fingerprint density at radius 1 is 1.17 bits per heavy atom. The van der Waals surface area contributed by atoms with Gasteiger partial charge in [-0.05, 0) is 67.7 Å². The van der Waals surface area contributed by atoms with Crippen LogP contribution in [0.5, 0.6) is 0 Å². The van der Waals surface area contributed by atoms with Crippen molar-refractivity contribution in [3.05, 3.63) is 59.4 Å². The molecule has 2 aliphatic carbocycles. The molecule has 6 nitrogen and oxygen atoms in total. The third-order valence-corrected chi connectivity index (χ3v) is 9.27. The summed E-state index contributed by atoms with van der Waals surface area (Å²) in [6.07, 6.45) is 1.89. The Hall–Kier alpha value is -2.43. The van der Waals surface area contributed by atoms with E-state index in [0.29, 0.717) is 12.5 Å². The van der Waals surface area contributed by atoms with E-state index in [1.54, 1.807) is 11.0 Å². The predicted octanol–water partition coefficient (Wildman–Crippen LogP) is 3.38. The van der Waals surface area contributed by atoms with Crippen molar-refractivity contribution in [1.29, 1.82) is 0 Å². The first-order valence-electron chi connectivity index (χ1n) is 12.3. The number of hydrogen-bond donors (Lipinski definition) is 2. The molecule has 10 heteroatoms. The number of fused-ring (bicyclic) bond motifs is 1. The number of likely N-dealkylation sites (tertiary alicyclic amines) is 1. The molecular weight excluding hydrogens is 493 g/mol. The van der Waals surface area contributed by atoms with E-state index in [0.717, 1.165) is 31.4 Å². The third kappa shape index (κ3) is 4.66. The van der Waals surface area contributed by atoms with Crippen LogP contribution in [0.15, 0.2) is 36.4 Å². The highest BCUT2D eigenvalue weighted by Crippen LogP contribution is 2.50. The lowest BCUT2D eigenvalue weighted by Crippen LogP contribution is -2.54. The Balaban J connectivity index is 1.49. The van der Waals surface area contributed by atoms with Crippen LogP contribution < -0.4 is 4.72 Å².